The number of hydrogen-bond donors (Lipinski definition) is 2. The average Bonchev–Trinajstić information content (AvgIpc) is 2.94. The summed E-state index contributed by atoms with van der Waals surface area (Å²) in [6, 6.07) is 0. The molecule has 2 N–H and O–H groups in total. The van der Waals surface area contributed by atoms with Crippen LogP contribution in [0.15, 0.2) is 4.42 Å². The predicted octanol–water partition coefficient (Wildman–Crippen LogP) is 1.41. The zero-order chi connectivity index (χ0) is 14.0. The summed E-state index contributed by atoms with van der Waals surface area (Å²) in [6.45, 7) is 3.85. The zero-order valence-corrected chi connectivity index (χ0v) is 11.1. The third kappa shape index (κ3) is 2.94. The number of carboxylic acids is 1. The van der Waals surface area contributed by atoms with Crippen LogP contribution in [0.25, 0.3) is 0 Å². The molecule has 0 aromatic carbocycles. The largest absolute Gasteiger partial charge is 0.481 e. The maximum atomic E-state index is 12.0. The first kappa shape index (κ1) is 13.6. The Hall–Kier alpha value is -1.85. The van der Waals surface area contributed by atoms with Gasteiger partial charge in [0, 0.05) is 0 Å². The van der Waals surface area contributed by atoms with Crippen LogP contribution in [0.3, 0.4) is 0 Å². The van der Waals surface area contributed by atoms with E-state index in [1.165, 1.54) is 0 Å². The molecule has 0 saturated heterocycles. The van der Waals surface area contributed by atoms with E-state index in [1.54, 1.807) is 0 Å². The summed E-state index contributed by atoms with van der Waals surface area (Å²) in [6.07, 6.45) is 1.99. The molecule has 0 radical (unpaired) electrons. The smallest absolute Gasteiger partial charge is 0.307 e. The van der Waals surface area contributed by atoms with Crippen molar-refractivity contribution in [3.8, 4) is 0 Å². The fourth-order valence-corrected chi connectivity index (χ4v) is 2.48. The Labute approximate surface area is 111 Å². The van der Waals surface area contributed by atoms with Gasteiger partial charge in [0.05, 0.1) is 24.1 Å². The van der Waals surface area contributed by atoms with Crippen LogP contribution in [0.1, 0.15) is 36.6 Å². The molecule has 0 unspecified atom stereocenters. The number of carbonyl (C=O) groups excluding carboxylic acids is 1. The van der Waals surface area contributed by atoms with Crippen molar-refractivity contribution >= 4 is 11.9 Å². The molecule has 6 heteroatoms. The van der Waals surface area contributed by atoms with E-state index in [4.69, 9.17) is 9.52 Å². The highest BCUT2D eigenvalue weighted by Crippen LogP contribution is 2.32. The van der Waals surface area contributed by atoms with Gasteiger partial charge < -0.3 is 14.8 Å². The van der Waals surface area contributed by atoms with E-state index in [0.717, 1.165) is 17.9 Å². The topological polar surface area (TPSA) is 92.4 Å². The summed E-state index contributed by atoms with van der Waals surface area (Å²) in [7, 11) is 0. The van der Waals surface area contributed by atoms with Gasteiger partial charge in [0.25, 0.3) is 0 Å². The first-order chi connectivity index (χ1) is 8.99. The number of aryl methyl sites for hydroxylation is 2. The summed E-state index contributed by atoms with van der Waals surface area (Å²) < 4.78 is 5.36. The van der Waals surface area contributed by atoms with Crippen LogP contribution < -0.4 is 5.32 Å². The maximum absolute atomic E-state index is 12.0. The second-order valence-electron chi connectivity index (χ2n) is 4.95. The van der Waals surface area contributed by atoms with Gasteiger partial charge in [-0.1, -0.05) is 6.42 Å². The van der Waals surface area contributed by atoms with Gasteiger partial charge >= 0.3 is 5.97 Å². The van der Waals surface area contributed by atoms with E-state index >= 15 is 0 Å². The highest BCUT2D eigenvalue weighted by molar-refractivity contribution is 5.85. The molecule has 0 aliphatic heterocycles. The molecule has 0 spiro atoms. The van der Waals surface area contributed by atoms with Crippen molar-refractivity contribution in [2.24, 2.45) is 11.8 Å². The van der Waals surface area contributed by atoms with Gasteiger partial charge in [0.2, 0.25) is 11.8 Å². The molecule has 1 aliphatic rings. The van der Waals surface area contributed by atoms with Crippen molar-refractivity contribution in [1.82, 2.24) is 10.3 Å². The van der Waals surface area contributed by atoms with Gasteiger partial charge in [-0.05, 0) is 26.7 Å². The van der Waals surface area contributed by atoms with Gasteiger partial charge in [-0.2, -0.15) is 0 Å². The van der Waals surface area contributed by atoms with Gasteiger partial charge in [-0.3, -0.25) is 9.59 Å². The van der Waals surface area contributed by atoms with Gasteiger partial charge in [0.15, 0.2) is 0 Å². The van der Waals surface area contributed by atoms with Crippen LogP contribution >= 0.6 is 0 Å². The van der Waals surface area contributed by atoms with E-state index in [0.29, 0.717) is 18.7 Å². The quantitative estimate of drug-likeness (QED) is 0.859. The minimum atomic E-state index is -0.888. The van der Waals surface area contributed by atoms with Crippen LogP contribution in [-0.2, 0) is 16.1 Å². The summed E-state index contributed by atoms with van der Waals surface area (Å²) in [5.41, 5.74) is 0.800. The lowest BCUT2D eigenvalue weighted by Gasteiger charge is -2.14. The molecule has 1 saturated carbocycles. The van der Waals surface area contributed by atoms with Gasteiger partial charge in [-0.15, -0.1) is 0 Å². The molecule has 1 amide bonds. The predicted molar refractivity (Wildman–Crippen MR) is 66.3 cm³/mol. The number of aromatic nitrogens is 1. The molecular formula is C13H18N2O4. The number of hydrogen-bond acceptors (Lipinski definition) is 4. The number of amides is 1. The molecule has 1 aliphatic carbocycles. The summed E-state index contributed by atoms with van der Waals surface area (Å²) >= 11 is 0. The number of nitrogens with zero attached hydrogens (tertiary/aromatic N) is 1. The van der Waals surface area contributed by atoms with E-state index in [2.05, 4.69) is 10.3 Å². The lowest BCUT2D eigenvalue weighted by molar-refractivity contribution is -0.146. The lowest BCUT2D eigenvalue weighted by atomic mass is 9.95. The van der Waals surface area contributed by atoms with Crippen molar-refractivity contribution in [3.05, 3.63) is 17.3 Å². The van der Waals surface area contributed by atoms with E-state index in [9.17, 15) is 9.59 Å². The van der Waals surface area contributed by atoms with E-state index in [1.807, 2.05) is 13.8 Å². The van der Waals surface area contributed by atoms with Crippen molar-refractivity contribution in [2.45, 2.75) is 39.7 Å². The molecular weight excluding hydrogens is 248 g/mol. The Balaban J connectivity index is 1.92. The first-order valence-corrected chi connectivity index (χ1v) is 6.42. The van der Waals surface area contributed by atoms with Crippen molar-refractivity contribution < 1.29 is 19.1 Å². The Bertz CT molecular complexity index is 475. The van der Waals surface area contributed by atoms with E-state index in [-0.39, 0.29) is 12.5 Å². The van der Waals surface area contributed by atoms with Crippen LogP contribution in [-0.4, -0.2) is 22.0 Å². The lowest BCUT2D eigenvalue weighted by Crippen LogP contribution is -2.34. The van der Waals surface area contributed by atoms with Crippen LogP contribution in [0.4, 0.5) is 0 Å². The molecule has 104 valence electrons. The Morgan fingerprint density at radius 1 is 1.37 bits per heavy atom. The molecule has 1 heterocycles. The molecule has 1 fully saturated rings. The minimum absolute atomic E-state index is 0.205. The van der Waals surface area contributed by atoms with Gasteiger partial charge in [0.1, 0.15) is 5.76 Å². The van der Waals surface area contributed by atoms with Crippen molar-refractivity contribution in [1.29, 1.82) is 0 Å². The number of rotatable bonds is 4. The number of carbonyl (C=O) groups is 2. The van der Waals surface area contributed by atoms with Crippen LogP contribution in [0.5, 0.6) is 0 Å². The highest BCUT2D eigenvalue weighted by Gasteiger charge is 2.37. The second kappa shape index (κ2) is 5.42. The third-order valence-corrected chi connectivity index (χ3v) is 3.66. The number of aliphatic carboxylic acids is 1. The summed E-state index contributed by atoms with van der Waals surface area (Å²) in [4.78, 5) is 27.2. The Morgan fingerprint density at radius 3 is 2.63 bits per heavy atom. The average molecular weight is 266 g/mol. The third-order valence-electron chi connectivity index (χ3n) is 3.66. The fourth-order valence-electron chi connectivity index (χ4n) is 2.48. The first-order valence-electron chi connectivity index (χ1n) is 6.42. The number of oxazole rings is 1. The SMILES string of the molecule is Cc1nc(CNC(=O)[C@@H]2CCC[C@@H]2C(=O)O)oc1C. The number of carboxylic acid groups (broad SMARTS) is 1. The molecule has 2 rings (SSSR count). The maximum Gasteiger partial charge on any atom is 0.307 e. The summed E-state index contributed by atoms with van der Waals surface area (Å²) in [5, 5.41) is 11.8. The molecule has 0 bridgehead atoms. The molecule has 1 aromatic heterocycles. The minimum Gasteiger partial charge on any atom is -0.481 e. The molecule has 2 atom stereocenters. The monoisotopic (exact) mass is 266 g/mol. The fraction of sp³-hybridized carbons (Fsp3) is 0.615. The second-order valence-corrected chi connectivity index (χ2v) is 4.95. The molecule has 1 aromatic rings. The van der Waals surface area contributed by atoms with Crippen molar-refractivity contribution in [2.75, 3.05) is 0 Å². The Morgan fingerprint density at radius 2 is 2.05 bits per heavy atom. The number of nitrogens with one attached hydrogen (secondary N) is 1. The molecule has 19 heavy (non-hydrogen) atoms. The summed E-state index contributed by atoms with van der Waals surface area (Å²) in [5.74, 6) is -0.927. The molecule has 6 nitrogen and oxygen atoms in total. The highest BCUT2D eigenvalue weighted by atomic mass is 16.4. The van der Waals surface area contributed by atoms with Crippen LogP contribution in [0, 0.1) is 25.7 Å². The Kier molecular flexibility index (Phi) is 3.87. The van der Waals surface area contributed by atoms with Gasteiger partial charge in [-0.25, -0.2) is 4.98 Å². The van der Waals surface area contributed by atoms with E-state index < -0.39 is 17.8 Å². The normalized spacial score (nSPS) is 22.4. The van der Waals surface area contributed by atoms with Crippen LogP contribution in [0.2, 0.25) is 0 Å². The van der Waals surface area contributed by atoms with Crippen molar-refractivity contribution in [3.63, 3.8) is 0 Å². The zero-order valence-electron chi connectivity index (χ0n) is 11.1. The standard InChI is InChI=1S/C13H18N2O4/c1-7-8(2)19-11(15-7)6-14-12(16)9-4-3-5-10(9)13(17)18/h9-10H,3-6H2,1-2H3,(H,14,16)(H,17,18)/t9-,10+/m1/s1.